The van der Waals surface area contributed by atoms with Gasteiger partial charge >= 0.3 is 0 Å². The molecule has 1 aromatic carbocycles. The minimum atomic E-state index is -0.409. The molecule has 2 aliphatic heterocycles. The molecule has 2 aromatic rings. The van der Waals surface area contributed by atoms with Gasteiger partial charge in [-0.25, -0.2) is 9.98 Å². The quantitative estimate of drug-likeness (QED) is 0.706. The second-order valence-electron chi connectivity index (χ2n) is 6.31. The summed E-state index contributed by atoms with van der Waals surface area (Å²) in [6.45, 7) is 0.218. The molecule has 29 heavy (non-hydrogen) atoms. The Morgan fingerprint density at radius 3 is 2.59 bits per heavy atom. The fourth-order valence-electron chi connectivity index (χ4n) is 3.21. The first-order chi connectivity index (χ1) is 14.0. The van der Waals surface area contributed by atoms with Gasteiger partial charge in [-0.1, -0.05) is 23.4 Å². The third-order valence-corrected chi connectivity index (χ3v) is 4.70. The lowest BCUT2D eigenvalue weighted by molar-refractivity contribution is 0.291. The Labute approximate surface area is 173 Å². The van der Waals surface area contributed by atoms with Gasteiger partial charge < -0.3 is 14.0 Å². The molecule has 4 rings (SSSR count). The van der Waals surface area contributed by atoms with Gasteiger partial charge in [0.25, 0.3) is 0 Å². The second kappa shape index (κ2) is 7.42. The van der Waals surface area contributed by atoms with Crippen LogP contribution >= 0.6 is 11.6 Å². The molecular formula is C20H17ClN6O2. The number of anilines is 1. The van der Waals surface area contributed by atoms with Gasteiger partial charge in [0, 0.05) is 19.7 Å². The molecule has 0 radical (unpaired) electrons. The van der Waals surface area contributed by atoms with Gasteiger partial charge in [-0.2, -0.15) is 5.10 Å². The second-order valence-corrected chi connectivity index (χ2v) is 6.67. The van der Waals surface area contributed by atoms with Crippen LogP contribution in [0.4, 0.5) is 5.82 Å². The summed E-state index contributed by atoms with van der Waals surface area (Å²) in [4.78, 5) is 10.8. The fraction of sp³-hybridized carbons (Fsp3) is 0.250. The smallest absolute Gasteiger partial charge is 0.221 e. The van der Waals surface area contributed by atoms with Crippen molar-refractivity contribution in [2.45, 2.75) is 6.29 Å². The van der Waals surface area contributed by atoms with Crippen LogP contribution in [0.3, 0.4) is 0 Å². The highest BCUT2D eigenvalue weighted by Gasteiger charge is 2.41. The number of aliphatic imine (C=N–C) groups is 1. The number of hydrazone groups is 1. The number of imidazole rings is 1. The number of aryl methyl sites for hydroxylation is 1. The maximum absolute atomic E-state index is 6.34. The fourth-order valence-corrected chi connectivity index (χ4v) is 3.43. The Bertz CT molecular complexity index is 1110. The molecule has 1 aromatic heterocycles. The van der Waals surface area contributed by atoms with Crippen LogP contribution in [0.5, 0.6) is 11.5 Å². The van der Waals surface area contributed by atoms with Crippen LogP contribution in [0, 0.1) is 24.7 Å². The molecule has 1 atom stereocenters. The molecule has 2 aliphatic rings. The Morgan fingerprint density at radius 1 is 1.14 bits per heavy atom. The summed E-state index contributed by atoms with van der Waals surface area (Å²) in [5.41, 5.74) is 1.39. The van der Waals surface area contributed by atoms with E-state index in [1.165, 1.54) is 0 Å². The van der Waals surface area contributed by atoms with Crippen LogP contribution in [0.15, 0.2) is 34.6 Å². The van der Waals surface area contributed by atoms with E-state index in [2.05, 4.69) is 26.9 Å². The van der Waals surface area contributed by atoms with Gasteiger partial charge in [0.05, 0.1) is 6.33 Å². The van der Waals surface area contributed by atoms with Gasteiger partial charge in [-0.05, 0) is 18.2 Å². The van der Waals surface area contributed by atoms with E-state index in [1.807, 2.05) is 35.7 Å². The molecule has 146 valence electrons. The van der Waals surface area contributed by atoms with Crippen molar-refractivity contribution in [1.29, 1.82) is 0 Å². The van der Waals surface area contributed by atoms with Crippen molar-refractivity contribution in [2.24, 2.45) is 17.1 Å². The summed E-state index contributed by atoms with van der Waals surface area (Å²) in [7, 11) is 3.73. The van der Waals surface area contributed by atoms with Gasteiger partial charge in [0.15, 0.2) is 22.5 Å². The summed E-state index contributed by atoms with van der Waals surface area (Å²) < 4.78 is 13.1. The lowest BCUT2D eigenvalue weighted by atomic mass is 10.1. The van der Waals surface area contributed by atoms with E-state index >= 15 is 0 Å². The molecule has 0 fully saturated rings. The van der Waals surface area contributed by atoms with Gasteiger partial charge in [0.1, 0.15) is 24.7 Å². The number of fused-ring (bicyclic) bond motifs is 3. The molecule has 0 bridgehead atoms. The number of hydrogen-bond acceptors (Lipinski definition) is 7. The largest absolute Gasteiger partial charge is 0.477 e. The van der Waals surface area contributed by atoms with Gasteiger partial charge in [-0.3, -0.25) is 9.91 Å². The summed E-state index contributed by atoms with van der Waals surface area (Å²) in [6, 6.07) is 5.46. The number of aromatic nitrogens is 2. The lowest BCUT2D eigenvalue weighted by Crippen LogP contribution is -2.44. The molecule has 0 spiro atoms. The van der Waals surface area contributed by atoms with E-state index in [0.717, 1.165) is 11.4 Å². The number of ether oxygens (including phenoxy) is 2. The number of benzene rings is 1. The van der Waals surface area contributed by atoms with Crippen LogP contribution in [0.1, 0.15) is 11.3 Å². The van der Waals surface area contributed by atoms with E-state index in [4.69, 9.17) is 33.9 Å². The van der Waals surface area contributed by atoms with E-state index in [0.29, 0.717) is 28.2 Å². The summed E-state index contributed by atoms with van der Waals surface area (Å²) in [6.07, 6.45) is 11.9. The summed E-state index contributed by atoms with van der Waals surface area (Å²) >= 11 is 6.34. The average molecular weight is 409 g/mol. The Morgan fingerprint density at radius 2 is 1.86 bits per heavy atom. The highest BCUT2D eigenvalue weighted by molar-refractivity contribution is 6.70. The molecule has 3 heterocycles. The SMILES string of the molecule is C#CCOc1ccc(C2=NN(C)C3N=C(Cl)c4ncn(C)c4N23)cc1OCC#C. The normalized spacial score (nSPS) is 16.9. The number of nitrogens with zero attached hydrogens (tertiary/aromatic N) is 6. The standard InChI is InChI=1S/C20H17ClN6O2/c1-5-9-28-14-8-7-13(11-15(14)29-10-6-2)18-24-26(4)20-23-17(21)16-19(27(18)20)25(3)12-22-16/h1-2,7-8,11-12,20H,9-10H2,3-4H3. The van der Waals surface area contributed by atoms with Crippen LogP contribution in [-0.4, -0.2) is 52.1 Å². The number of amidine groups is 1. The Balaban J connectivity index is 1.77. The average Bonchev–Trinajstić information content (AvgIpc) is 3.26. The van der Waals surface area contributed by atoms with Crippen molar-refractivity contribution >= 4 is 28.4 Å². The molecule has 0 aliphatic carbocycles. The monoisotopic (exact) mass is 408 g/mol. The van der Waals surface area contributed by atoms with Crippen molar-refractivity contribution in [3.63, 3.8) is 0 Å². The van der Waals surface area contributed by atoms with Crippen LogP contribution in [-0.2, 0) is 7.05 Å². The third kappa shape index (κ3) is 3.14. The molecule has 9 heteroatoms. The number of halogens is 1. The molecule has 0 saturated heterocycles. The van der Waals surface area contributed by atoms with Crippen molar-refractivity contribution in [3.05, 3.63) is 35.8 Å². The highest BCUT2D eigenvalue weighted by Crippen LogP contribution is 2.36. The van der Waals surface area contributed by atoms with Crippen molar-refractivity contribution in [3.8, 4) is 36.2 Å². The van der Waals surface area contributed by atoms with Crippen molar-refractivity contribution in [1.82, 2.24) is 14.6 Å². The minimum Gasteiger partial charge on any atom is -0.477 e. The Kier molecular flexibility index (Phi) is 4.79. The molecule has 0 amide bonds. The minimum absolute atomic E-state index is 0.0976. The Hall–Kier alpha value is -3.62. The zero-order valence-corrected chi connectivity index (χ0v) is 16.6. The first-order valence-corrected chi connectivity index (χ1v) is 9.05. The number of hydrogen-bond donors (Lipinski definition) is 0. The number of terminal acetylenes is 2. The van der Waals surface area contributed by atoms with Crippen LogP contribution in [0.25, 0.3) is 0 Å². The van der Waals surface area contributed by atoms with E-state index in [-0.39, 0.29) is 13.2 Å². The van der Waals surface area contributed by atoms with Gasteiger partial charge in [0.2, 0.25) is 6.29 Å². The highest BCUT2D eigenvalue weighted by atomic mass is 35.5. The first kappa shape index (κ1) is 18.7. The predicted molar refractivity (Wildman–Crippen MR) is 111 cm³/mol. The van der Waals surface area contributed by atoms with E-state index in [1.54, 1.807) is 17.4 Å². The maximum Gasteiger partial charge on any atom is 0.221 e. The first-order valence-electron chi connectivity index (χ1n) is 8.67. The maximum atomic E-state index is 6.34. The molecule has 1 unspecified atom stereocenters. The third-order valence-electron chi connectivity index (χ3n) is 4.43. The molecule has 8 nitrogen and oxygen atoms in total. The topological polar surface area (TPSA) is 67.5 Å². The number of rotatable bonds is 5. The van der Waals surface area contributed by atoms with Crippen LogP contribution < -0.4 is 14.4 Å². The lowest BCUT2D eigenvalue weighted by Gasteiger charge is -2.30. The van der Waals surface area contributed by atoms with Crippen molar-refractivity contribution < 1.29 is 9.47 Å². The molecular weight excluding hydrogens is 392 g/mol. The van der Waals surface area contributed by atoms with E-state index in [9.17, 15) is 0 Å². The molecule has 0 saturated carbocycles. The summed E-state index contributed by atoms with van der Waals surface area (Å²) in [5.74, 6) is 7.35. The summed E-state index contributed by atoms with van der Waals surface area (Å²) in [5, 5.41) is 6.75. The zero-order chi connectivity index (χ0) is 20.5. The predicted octanol–water partition coefficient (Wildman–Crippen LogP) is 1.84. The van der Waals surface area contributed by atoms with Crippen molar-refractivity contribution in [2.75, 3.05) is 25.2 Å². The van der Waals surface area contributed by atoms with E-state index < -0.39 is 6.29 Å². The zero-order valence-electron chi connectivity index (χ0n) is 15.8. The van der Waals surface area contributed by atoms with Gasteiger partial charge in [-0.15, -0.1) is 12.8 Å². The van der Waals surface area contributed by atoms with Crippen LogP contribution in [0.2, 0.25) is 0 Å². The molecule has 0 N–H and O–H groups in total.